The number of nitrogens with zero attached hydrogens (tertiary/aromatic N) is 1. The fourth-order valence-corrected chi connectivity index (χ4v) is 4.91. The average Bonchev–Trinajstić information content (AvgIpc) is 3.02. The zero-order valence-corrected chi connectivity index (χ0v) is 13.0. The summed E-state index contributed by atoms with van der Waals surface area (Å²) in [6, 6.07) is 0.387. The monoisotopic (exact) mass is 282 g/mol. The number of thioether (sulfide) groups is 1. The van der Waals surface area contributed by atoms with E-state index < -0.39 is 0 Å². The molecule has 3 aliphatic rings. The van der Waals surface area contributed by atoms with Crippen molar-refractivity contribution in [1.29, 1.82) is 0 Å². The molecule has 0 bridgehead atoms. The van der Waals surface area contributed by atoms with Crippen LogP contribution in [0.3, 0.4) is 0 Å². The van der Waals surface area contributed by atoms with E-state index >= 15 is 0 Å². The molecule has 3 rings (SSSR count). The fraction of sp³-hybridized carbons (Fsp3) is 0.933. The lowest BCUT2D eigenvalue weighted by atomic mass is 9.78. The summed E-state index contributed by atoms with van der Waals surface area (Å²) < 4.78 is 5.54. The first-order valence-electron chi connectivity index (χ1n) is 7.72. The minimum Gasteiger partial charge on any atom is -0.379 e. The summed E-state index contributed by atoms with van der Waals surface area (Å²) in [5.74, 6) is 2.12. The molecule has 0 aromatic rings. The van der Waals surface area contributed by atoms with Gasteiger partial charge in [0.1, 0.15) is 0 Å². The van der Waals surface area contributed by atoms with Gasteiger partial charge >= 0.3 is 0 Å². The molecule has 0 radical (unpaired) electrons. The molecule has 108 valence electrons. The molecule has 2 saturated carbocycles. The molecular weight excluding hydrogens is 256 g/mol. The second-order valence-electron chi connectivity index (χ2n) is 6.58. The summed E-state index contributed by atoms with van der Waals surface area (Å²) in [4.78, 5) is 4.94. The molecule has 1 heterocycles. The SMILES string of the molecule is COC1CCCC1N=C1NC2(CCC(C)CC2)CS1. The number of hydrogen-bond acceptors (Lipinski definition) is 3. The molecule has 1 aliphatic heterocycles. The van der Waals surface area contributed by atoms with Crippen LogP contribution in [0.15, 0.2) is 4.99 Å². The largest absolute Gasteiger partial charge is 0.379 e. The van der Waals surface area contributed by atoms with Crippen molar-refractivity contribution in [3.8, 4) is 0 Å². The van der Waals surface area contributed by atoms with Gasteiger partial charge in [0.2, 0.25) is 0 Å². The standard InChI is InChI=1S/C15H26N2OS/c1-11-6-8-15(9-7-11)10-19-14(17-15)16-12-4-3-5-13(12)18-2/h11-13H,3-10H2,1-2H3,(H,16,17). The van der Waals surface area contributed by atoms with E-state index in [9.17, 15) is 0 Å². The van der Waals surface area contributed by atoms with Crippen molar-refractivity contribution < 1.29 is 4.74 Å². The molecule has 2 unspecified atom stereocenters. The predicted octanol–water partition coefficient (Wildman–Crippen LogP) is 3.20. The first-order valence-corrected chi connectivity index (χ1v) is 8.71. The number of amidine groups is 1. The Hall–Kier alpha value is -0.220. The van der Waals surface area contributed by atoms with Crippen LogP contribution in [0.5, 0.6) is 0 Å². The third kappa shape index (κ3) is 2.94. The molecule has 0 aromatic carbocycles. The minimum absolute atomic E-state index is 0.345. The molecule has 2 atom stereocenters. The van der Waals surface area contributed by atoms with Crippen molar-refractivity contribution in [3.05, 3.63) is 0 Å². The fourth-order valence-electron chi connectivity index (χ4n) is 3.64. The molecule has 1 saturated heterocycles. The molecule has 1 spiro atoms. The lowest BCUT2D eigenvalue weighted by Gasteiger charge is -2.35. The van der Waals surface area contributed by atoms with Gasteiger partial charge in [0.15, 0.2) is 5.17 Å². The summed E-state index contributed by atoms with van der Waals surface area (Å²) in [5, 5.41) is 4.94. The molecule has 0 amide bonds. The Morgan fingerprint density at radius 2 is 2.05 bits per heavy atom. The van der Waals surface area contributed by atoms with Crippen LogP contribution in [-0.2, 0) is 4.74 Å². The lowest BCUT2D eigenvalue weighted by Crippen LogP contribution is -2.46. The van der Waals surface area contributed by atoms with Crippen LogP contribution in [0.2, 0.25) is 0 Å². The van der Waals surface area contributed by atoms with Gasteiger partial charge in [-0.05, 0) is 50.9 Å². The Kier molecular flexibility index (Phi) is 4.08. The van der Waals surface area contributed by atoms with Gasteiger partial charge in [0.05, 0.1) is 12.1 Å². The molecule has 3 nitrogen and oxygen atoms in total. The highest BCUT2D eigenvalue weighted by molar-refractivity contribution is 8.14. The number of ether oxygens (including phenoxy) is 1. The Bertz CT molecular complexity index is 350. The third-order valence-corrected chi connectivity index (χ3v) is 6.27. The zero-order valence-electron chi connectivity index (χ0n) is 12.2. The van der Waals surface area contributed by atoms with Crippen LogP contribution in [0.1, 0.15) is 51.9 Å². The Balaban J connectivity index is 1.62. The van der Waals surface area contributed by atoms with Gasteiger partial charge in [0.25, 0.3) is 0 Å². The maximum Gasteiger partial charge on any atom is 0.157 e. The molecular formula is C15H26N2OS. The van der Waals surface area contributed by atoms with Crippen LogP contribution in [0.25, 0.3) is 0 Å². The van der Waals surface area contributed by atoms with Gasteiger partial charge in [-0.3, -0.25) is 4.99 Å². The van der Waals surface area contributed by atoms with Crippen molar-refractivity contribution in [2.24, 2.45) is 10.9 Å². The highest BCUT2D eigenvalue weighted by Crippen LogP contribution is 2.39. The Morgan fingerprint density at radius 1 is 1.26 bits per heavy atom. The van der Waals surface area contributed by atoms with E-state index in [4.69, 9.17) is 9.73 Å². The van der Waals surface area contributed by atoms with Gasteiger partial charge in [-0.1, -0.05) is 18.7 Å². The first-order chi connectivity index (χ1) is 9.21. The van der Waals surface area contributed by atoms with E-state index in [1.165, 1.54) is 55.9 Å². The quantitative estimate of drug-likeness (QED) is 0.844. The van der Waals surface area contributed by atoms with E-state index in [-0.39, 0.29) is 0 Å². The van der Waals surface area contributed by atoms with Crippen molar-refractivity contribution >= 4 is 16.9 Å². The van der Waals surface area contributed by atoms with E-state index in [1.54, 1.807) is 0 Å². The summed E-state index contributed by atoms with van der Waals surface area (Å²) in [6.45, 7) is 2.38. The van der Waals surface area contributed by atoms with Gasteiger partial charge in [-0.25, -0.2) is 0 Å². The highest BCUT2D eigenvalue weighted by Gasteiger charge is 2.40. The predicted molar refractivity (Wildman–Crippen MR) is 81.8 cm³/mol. The van der Waals surface area contributed by atoms with Gasteiger partial charge in [-0.15, -0.1) is 0 Å². The maximum atomic E-state index is 5.54. The molecule has 2 aliphatic carbocycles. The summed E-state index contributed by atoms with van der Waals surface area (Å²) in [7, 11) is 1.82. The van der Waals surface area contributed by atoms with Crippen LogP contribution >= 0.6 is 11.8 Å². The van der Waals surface area contributed by atoms with Crippen molar-refractivity contribution in [2.45, 2.75) is 69.6 Å². The Labute approximate surface area is 121 Å². The summed E-state index contributed by atoms with van der Waals surface area (Å²) >= 11 is 1.93. The molecule has 3 fully saturated rings. The van der Waals surface area contributed by atoms with Gasteiger partial charge < -0.3 is 10.1 Å². The second-order valence-corrected chi connectivity index (χ2v) is 7.55. The van der Waals surface area contributed by atoms with Crippen LogP contribution in [-0.4, -0.2) is 35.7 Å². The minimum atomic E-state index is 0.345. The summed E-state index contributed by atoms with van der Waals surface area (Å²) in [6.07, 6.45) is 9.33. The van der Waals surface area contributed by atoms with E-state index in [1.807, 2.05) is 18.9 Å². The van der Waals surface area contributed by atoms with Crippen molar-refractivity contribution in [3.63, 3.8) is 0 Å². The van der Waals surface area contributed by atoms with Crippen LogP contribution in [0, 0.1) is 5.92 Å². The van der Waals surface area contributed by atoms with E-state index in [0.29, 0.717) is 17.7 Å². The molecule has 19 heavy (non-hydrogen) atoms. The second kappa shape index (κ2) is 5.65. The van der Waals surface area contributed by atoms with Crippen molar-refractivity contribution in [2.75, 3.05) is 12.9 Å². The smallest absolute Gasteiger partial charge is 0.157 e. The lowest BCUT2D eigenvalue weighted by molar-refractivity contribution is 0.0965. The maximum absolute atomic E-state index is 5.54. The molecule has 4 heteroatoms. The normalized spacial score (nSPS) is 44.9. The third-order valence-electron chi connectivity index (χ3n) is 5.09. The van der Waals surface area contributed by atoms with Crippen molar-refractivity contribution in [1.82, 2.24) is 5.32 Å². The number of methoxy groups -OCH3 is 1. The highest BCUT2D eigenvalue weighted by atomic mass is 32.2. The van der Waals surface area contributed by atoms with E-state index in [2.05, 4.69) is 12.2 Å². The first kappa shape index (κ1) is 13.7. The average molecular weight is 282 g/mol. The number of hydrogen-bond donors (Lipinski definition) is 1. The Morgan fingerprint density at radius 3 is 2.79 bits per heavy atom. The van der Waals surface area contributed by atoms with Crippen LogP contribution in [0.4, 0.5) is 0 Å². The van der Waals surface area contributed by atoms with Gasteiger partial charge in [-0.2, -0.15) is 0 Å². The van der Waals surface area contributed by atoms with Crippen LogP contribution < -0.4 is 5.32 Å². The van der Waals surface area contributed by atoms with Gasteiger partial charge in [0, 0.05) is 18.4 Å². The molecule has 1 N–H and O–H groups in total. The molecule has 0 aromatic heterocycles. The number of rotatable bonds is 2. The number of nitrogens with one attached hydrogen (secondary N) is 1. The zero-order chi connectivity index (χ0) is 13.3. The number of aliphatic imine (C=N–C) groups is 1. The topological polar surface area (TPSA) is 33.6 Å². The van der Waals surface area contributed by atoms with E-state index in [0.717, 1.165) is 5.92 Å². The summed E-state index contributed by atoms with van der Waals surface area (Å²) in [5.41, 5.74) is 0.358.